The van der Waals surface area contributed by atoms with Gasteiger partial charge in [-0.05, 0) is 32.7 Å². The second kappa shape index (κ2) is 6.65. The van der Waals surface area contributed by atoms with Crippen molar-refractivity contribution in [2.24, 2.45) is 0 Å². The Kier molecular flexibility index (Phi) is 4.65. The number of piperidine rings is 1. The topological polar surface area (TPSA) is 55.2 Å². The molecule has 0 atom stereocenters. The quantitative estimate of drug-likeness (QED) is 0.794. The molecule has 0 bridgehead atoms. The zero-order valence-electron chi connectivity index (χ0n) is 12.3. The van der Waals surface area contributed by atoms with Gasteiger partial charge in [0.1, 0.15) is 0 Å². The molecule has 1 aliphatic heterocycles. The van der Waals surface area contributed by atoms with Crippen LogP contribution in [0, 0.1) is 0 Å². The van der Waals surface area contributed by atoms with Gasteiger partial charge in [0, 0.05) is 31.9 Å². The van der Waals surface area contributed by atoms with Crippen molar-refractivity contribution in [3.8, 4) is 0 Å². The van der Waals surface area contributed by atoms with Crippen LogP contribution in [0.25, 0.3) is 0 Å². The molecule has 2 aliphatic rings. The molecule has 0 unspecified atom stereocenters. The van der Waals surface area contributed by atoms with Gasteiger partial charge in [0.05, 0.1) is 24.9 Å². The van der Waals surface area contributed by atoms with Gasteiger partial charge in [-0.25, -0.2) is 4.68 Å². The van der Waals surface area contributed by atoms with E-state index in [1.807, 2.05) is 10.9 Å². The first-order valence-corrected chi connectivity index (χ1v) is 7.72. The van der Waals surface area contributed by atoms with E-state index in [1.165, 1.54) is 12.8 Å². The summed E-state index contributed by atoms with van der Waals surface area (Å²) < 4.78 is 7.81. The van der Waals surface area contributed by atoms with Gasteiger partial charge in [0.25, 0.3) is 0 Å². The fourth-order valence-electron chi connectivity index (χ4n) is 2.53. The van der Waals surface area contributed by atoms with Crippen molar-refractivity contribution < 1.29 is 4.74 Å². The highest BCUT2D eigenvalue weighted by atomic mass is 16.5. The standard InChI is InChI=1S/C14H25N5O/c1-18-6-4-14(5-7-18)20-9-8-19-11-13(16-17-19)10-15-12-2-3-12/h11-12,14-15H,2-10H2,1H3. The van der Waals surface area contributed by atoms with Crippen LogP contribution in [-0.2, 0) is 17.8 Å². The van der Waals surface area contributed by atoms with Gasteiger partial charge < -0.3 is 15.0 Å². The summed E-state index contributed by atoms with van der Waals surface area (Å²) in [6.45, 7) is 4.65. The molecule has 2 fully saturated rings. The summed E-state index contributed by atoms with van der Waals surface area (Å²) >= 11 is 0. The zero-order chi connectivity index (χ0) is 13.8. The summed E-state index contributed by atoms with van der Waals surface area (Å²) in [6, 6.07) is 0.716. The lowest BCUT2D eigenvalue weighted by Gasteiger charge is -2.28. The molecule has 6 nitrogen and oxygen atoms in total. The molecule has 20 heavy (non-hydrogen) atoms. The first kappa shape index (κ1) is 14.0. The molecule has 0 amide bonds. The minimum Gasteiger partial charge on any atom is -0.376 e. The Morgan fingerprint density at radius 1 is 1.30 bits per heavy atom. The largest absolute Gasteiger partial charge is 0.376 e. The summed E-state index contributed by atoms with van der Waals surface area (Å²) in [6.07, 6.45) is 7.34. The number of ether oxygens (including phenoxy) is 1. The molecule has 1 aromatic heterocycles. The number of nitrogens with one attached hydrogen (secondary N) is 1. The molecule has 0 aromatic carbocycles. The minimum atomic E-state index is 0.422. The molecule has 1 aromatic rings. The third-order valence-corrected chi connectivity index (χ3v) is 4.07. The Bertz CT molecular complexity index is 409. The Balaban J connectivity index is 1.33. The van der Waals surface area contributed by atoms with Crippen LogP contribution in [0.1, 0.15) is 31.4 Å². The molecule has 1 N–H and O–H groups in total. The average molecular weight is 279 g/mol. The number of hydrogen-bond acceptors (Lipinski definition) is 5. The number of hydrogen-bond donors (Lipinski definition) is 1. The molecule has 1 aliphatic carbocycles. The smallest absolute Gasteiger partial charge is 0.0964 e. The van der Waals surface area contributed by atoms with Crippen LogP contribution >= 0.6 is 0 Å². The van der Waals surface area contributed by atoms with Crippen molar-refractivity contribution >= 4 is 0 Å². The van der Waals surface area contributed by atoms with Crippen LogP contribution in [0.5, 0.6) is 0 Å². The maximum atomic E-state index is 5.92. The highest BCUT2D eigenvalue weighted by Crippen LogP contribution is 2.18. The molecule has 1 saturated heterocycles. The van der Waals surface area contributed by atoms with E-state index in [0.717, 1.165) is 51.3 Å². The second-order valence-corrected chi connectivity index (χ2v) is 6.00. The van der Waals surface area contributed by atoms with Crippen molar-refractivity contribution in [3.63, 3.8) is 0 Å². The molecule has 2 heterocycles. The molecule has 0 spiro atoms. The van der Waals surface area contributed by atoms with Gasteiger partial charge in [-0.1, -0.05) is 5.21 Å². The summed E-state index contributed by atoms with van der Waals surface area (Å²) in [4.78, 5) is 2.36. The number of likely N-dealkylation sites (tertiary alicyclic amines) is 1. The van der Waals surface area contributed by atoms with Crippen LogP contribution in [0.2, 0.25) is 0 Å². The highest BCUT2D eigenvalue weighted by molar-refractivity contribution is 4.94. The van der Waals surface area contributed by atoms with E-state index in [-0.39, 0.29) is 0 Å². The van der Waals surface area contributed by atoms with E-state index in [1.54, 1.807) is 0 Å². The van der Waals surface area contributed by atoms with E-state index in [4.69, 9.17) is 4.74 Å². The van der Waals surface area contributed by atoms with Gasteiger partial charge in [-0.2, -0.15) is 0 Å². The third kappa shape index (κ3) is 4.26. The predicted molar refractivity (Wildman–Crippen MR) is 76.4 cm³/mol. The lowest BCUT2D eigenvalue weighted by molar-refractivity contribution is 0.00770. The van der Waals surface area contributed by atoms with E-state index in [9.17, 15) is 0 Å². The Morgan fingerprint density at radius 2 is 2.10 bits per heavy atom. The fourth-order valence-corrected chi connectivity index (χ4v) is 2.53. The van der Waals surface area contributed by atoms with Crippen LogP contribution < -0.4 is 5.32 Å². The summed E-state index contributed by atoms with van der Waals surface area (Å²) in [7, 11) is 2.17. The molecule has 3 rings (SSSR count). The highest BCUT2D eigenvalue weighted by Gasteiger charge is 2.20. The SMILES string of the molecule is CN1CCC(OCCn2cc(CNC3CC3)nn2)CC1. The molecule has 6 heteroatoms. The van der Waals surface area contributed by atoms with Crippen LogP contribution in [-0.4, -0.2) is 58.8 Å². The van der Waals surface area contributed by atoms with E-state index >= 15 is 0 Å². The second-order valence-electron chi connectivity index (χ2n) is 6.00. The molecular formula is C14H25N5O. The third-order valence-electron chi connectivity index (χ3n) is 4.07. The Morgan fingerprint density at radius 3 is 2.85 bits per heavy atom. The van der Waals surface area contributed by atoms with Crippen molar-refractivity contribution in [2.75, 3.05) is 26.7 Å². The average Bonchev–Trinajstić information content (AvgIpc) is 3.18. The first-order chi connectivity index (χ1) is 9.79. The molecule has 112 valence electrons. The van der Waals surface area contributed by atoms with Crippen molar-refractivity contribution in [2.45, 2.75) is 50.9 Å². The summed E-state index contributed by atoms with van der Waals surface area (Å²) in [5.41, 5.74) is 1.02. The Labute approximate surface area is 120 Å². The van der Waals surface area contributed by atoms with E-state index < -0.39 is 0 Å². The van der Waals surface area contributed by atoms with Gasteiger partial charge in [-0.15, -0.1) is 5.10 Å². The fraction of sp³-hybridized carbons (Fsp3) is 0.857. The predicted octanol–water partition coefficient (Wildman–Crippen LogP) is 0.641. The minimum absolute atomic E-state index is 0.422. The number of nitrogens with zero attached hydrogens (tertiary/aromatic N) is 4. The number of rotatable bonds is 7. The summed E-state index contributed by atoms with van der Waals surface area (Å²) in [5, 5.41) is 11.8. The van der Waals surface area contributed by atoms with Gasteiger partial charge in [0.2, 0.25) is 0 Å². The number of aromatic nitrogens is 3. The van der Waals surface area contributed by atoms with Crippen molar-refractivity contribution in [3.05, 3.63) is 11.9 Å². The first-order valence-electron chi connectivity index (χ1n) is 7.72. The normalized spacial score (nSPS) is 21.4. The molecular weight excluding hydrogens is 254 g/mol. The van der Waals surface area contributed by atoms with Gasteiger partial charge >= 0.3 is 0 Å². The van der Waals surface area contributed by atoms with Crippen molar-refractivity contribution in [1.29, 1.82) is 0 Å². The van der Waals surface area contributed by atoms with Crippen LogP contribution in [0.4, 0.5) is 0 Å². The van der Waals surface area contributed by atoms with Crippen LogP contribution in [0.3, 0.4) is 0 Å². The van der Waals surface area contributed by atoms with E-state index in [2.05, 4.69) is 27.6 Å². The van der Waals surface area contributed by atoms with E-state index in [0.29, 0.717) is 12.1 Å². The van der Waals surface area contributed by atoms with Gasteiger partial charge in [-0.3, -0.25) is 0 Å². The van der Waals surface area contributed by atoms with Gasteiger partial charge in [0.15, 0.2) is 0 Å². The molecule has 0 radical (unpaired) electrons. The van der Waals surface area contributed by atoms with Crippen LogP contribution in [0.15, 0.2) is 6.20 Å². The maximum Gasteiger partial charge on any atom is 0.0964 e. The maximum absolute atomic E-state index is 5.92. The lowest BCUT2D eigenvalue weighted by Crippen LogP contribution is -2.34. The summed E-state index contributed by atoms with van der Waals surface area (Å²) in [5.74, 6) is 0. The van der Waals surface area contributed by atoms with Crippen molar-refractivity contribution in [1.82, 2.24) is 25.2 Å². The monoisotopic (exact) mass is 279 g/mol. The Hall–Kier alpha value is -0.980. The lowest BCUT2D eigenvalue weighted by atomic mass is 10.1. The zero-order valence-corrected chi connectivity index (χ0v) is 12.3. The molecule has 1 saturated carbocycles.